The molecule has 0 saturated carbocycles. The maximum absolute atomic E-state index is 12.8. The highest BCUT2D eigenvalue weighted by molar-refractivity contribution is 5.85. The van der Waals surface area contributed by atoms with E-state index in [-0.39, 0.29) is 11.5 Å². The van der Waals surface area contributed by atoms with Crippen LogP contribution in [0.3, 0.4) is 0 Å². The van der Waals surface area contributed by atoms with Crippen molar-refractivity contribution in [1.29, 1.82) is 0 Å². The highest BCUT2D eigenvalue weighted by Gasteiger charge is 2.34. The van der Waals surface area contributed by atoms with Crippen molar-refractivity contribution in [2.24, 2.45) is 0 Å². The molecular weight excluding hydrogens is 342 g/mol. The molecule has 4 rings (SSSR count). The SMILES string of the molecule is CCO[C@H]1C[C@H](c2ccc(N(C)C)cc2)c2c(c3ccccc3oc2=O)O1. The first-order chi connectivity index (χ1) is 13.1. The van der Waals surface area contributed by atoms with Crippen molar-refractivity contribution in [3.05, 3.63) is 70.1 Å². The van der Waals surface area contributed by atoms with E-state index >= 15 is 0 Å². The molecule has 1 aliphatic heterocycles. The van der Waals surface area contributed by atoms with Gasteiger partial charge in [0.15, 0.2) is 0 Å². The third-order valence-corrected chi connectivity index (χ3v) is 4.99. The second-order valence-corrected chi connectivity index (χ2v) is 6.91. The third kappa shape index (κ3) is 3.19. The Labute approximate surface area is 158 Å². The monoisotopic (exact) mass is 365 g/mol. The lowest BCUT2D eigenvalue weighted by Crippen LogP contribution is -2.32. The van der Waals surface area contributed by atoms with Crippen LogP contribution < -0.4 is 15.3 Å². The molecule has 2 heterocycles. The van der Waals surface area contributed by atoms with Gasteiger partial charge in [-0.1, -0.05) is 24.3 Å². The van der Waals surface area contributed by atoms with Crippen LogP contribution in [-0.2, 0) is 4.74 Å². The van der Waals surface area contributed by atoms with Gasteiger partial charge >= 0.3 is 5.63 Å². The Bertz CT molecular complexity index is 1010. The van der Waals surface area contributed by atoms with Crippen LogP contribution in [0.15, 0.2) is 57.7 Å². The molecule has 0 N–H and O–H groups in total. The van der Waals surface area contributed by atoms with E-state index in [0.717, 1.165) is 16.6 Å². The minimum absolute atomic E-state index is 0.137. The Kier molecular flexibility index (Phi) is 4.62. The Balaban J connectivity index is 1.88. The van der Waals surface area contributed by atoms with E-state index in [9.17, 15) is 4.79 Å². The average Bonchev–Trinajstić information content (AvgIpc) is 2.68. The number of ether oxygens (including phenoxy) is 2. The Morgan fingerprint density at radius 1 is 1.11 bits per heavy atom. The summed E-state index contributed by atoms with van der Waals surface area (Å²) in [6, 6.07) is 15.7. The van der Waals surface area contributed by atoms with E-state index in [1.165, 1.54) is 0 Å². The number of hydrogen-bond acceptors (Lipinski definition) is 5. The standard InChI is InChI=1S/C22H23NO4/c1-4-25-19-13-17(14-9-11-15(12-10-14)23(2)3)20-21(27-19)16-7-5-6-8-18(16)26-22(20)24/h5-12,17,19H,4,13H2,1-3H3/t17-,19-/m1/s1. The van der Waals surface area contributed by atoms with Crippen LogP contribution >= 0.6 is 0 Å². The van der Waals surface area contributed by atoms with Crippen molar-refractivity contribution in [3.8, 4) is 5.75 Å². The minimum atomic E-state index is -0.397. The molecule has 1 aliphatic rings. The summed E-state index contributed by atoms with van der Waals surface area (Å²) in [5, 5.41) is 0.798. The first kappa shape index (κ1) is 17.6. The fraction of sp³-hybridized carbons (Fsp3) is 0.318. The van der Waals surface area contributed by atoms with Crippen LogP contribution in [0.4, 0.5) is 5.69 Å². The van der Waals surface area contributed by atoms with Crippen LogP contribution in [0, 0.1) is 0 Å². The summed E-state index contributed by atoms with van der Waals surface area (Å²) in [7, 11) is 4.01. The van der Waals surface area contributed by atoms with Crippen LogP contribution in [0.1, 0.15) is 30.4 Å². The molecular formula is C22H23NO4. The molecule has 140 valence electrons. The van der Waals surface area contributed by atoms with Gasteiger partial charge < -0.3 is 18.8 Å². The Hall–Kier alpha value is -2.79. The van der Waals surface area contributed by atoms with Crippen molar-refractivity contribution >= 4 is 16.7 Å². The lowest BCUT2D eigenvalue weighted by molar-refractivity contribution is -0.0889. The number of benzene rings is 2. The quantitative estimate of drug-likeness (QED) is 0.651. The van der Waals surface area contributed by atoms with E-state index in [4.69, 9.17) is 13.9 Å². The molecule has 3 aromatic rings. The highest BCUT2D eigenvalue weighted by atomic mass is 16.7. The number of anilines is 1. The number of fused-ring (bicyclic) bond motifs is 3. The molecule has 0 amide bonds. The maximum atomic E-state index is 12.8. The first-order valence-electron chi connectivity index (χ1n) is 9.19. The number of rotatable bonds is 4. The lowest BCUT2D eigenvalue weighted by Gasteiger charge is -2.32. The molecule has 2 aromatic carbocycles. The van der Waals surface area contributed by atoms with Crippen LogP contribution in [0.5, 0.6) is 5.75 Å². The molecule has 5 nitrogen and oxygen atoms in total. The normalized spacial score (nSPS) is 18.8. The van der Waals surface area contributed by atoms with E-state index in [1.54, 1.807) is 6.07 Å². The second kappa shape index (κ2) is 7.08. The summed E-state index contributed by atoms with van der Waals surface area (Å²) >= 11 is 0. The molecule has 5 heteroatoms. The zero-order chi connectivity index (χ0) is 19.0. The Morgan fingerprint density at radius 2 is 1.85 bits per heavy atom. The molecule has 0 aliphatic carbocycles. The predicted octanol–water partition coefficient (Wildman–Crippen LogP) is 4.14. The fourth-order valence-electron chi connectivity index (χ4n) is 3.65. The molecule has 0 unspecified atom stereocenters. The summed E-state index contributed by atoms with van der Waals surface area (Å²) in [4.78, 5) is 14.9. The molecule has 0 fully saturated rings. The second-order valence-electron chi connectivity index (χ2n) is 6.91. The average molecular weight is 365 g/mol. The molecule has 0 spiro atoms. The molecule has 0 saturated heterocycles. The van der Waals surface area contributed by atoms with Gasteiger partial charge in [0.1, 0.15) is 11.3 Å². The van der Waals surface area contributed by atoms with Crippen LogP contribution in [0.25, 0.3) is 11.0 Å². The first-order valence-corrected chi connectivity index (χ1v) is 9.19. The van der Waals surface area contributed by atoms with E-state index in [0.29, 0.717) is 29.9 Å². The topological polar surface area (TPSA) is 51.9 Å². The van der Waals surface area contributed by atoms with Gasteiger partial charge in [0.25, 0.3) is 0 Å². The van der Waals surface area contributed by atoms with Gasteiger partial charge in [-0.2, -0.15) is 0 Å². The largest absolute Gasteiger partial charge is 0.464 e. The van der Waals surface area contributed by atoms with Crippen molar-refractivity contribution < 1.29 is 13.9 Å². The zero-order valence-corrected chi connectivity index (χ0v) is 15.8. The minimum Gasteiger partial charge on any atom is -0.464 e. The van der Waals surface area contributed by atoms with Crippen molar-refractivity contribution in [1.82, 2.24) is 0 Å². The Morgan fingerprint density at radius 3 is 2.56 bits per heavy atom. The van der Waals surface area contributed by atoms with Gasteiger partial charge in [0, 0.05) is 38.7 Å². The molecule has 2 atom stereocenters. The maximum Gasteiger partial charge on any atom is 0.343 e. The predicted molar refractivity (Wildman–Crippen MR) is 106 cm³/mol. The highest BCUT2D eigenvalue weighted by Crippen LogP contribution is 2.42. The van der Waals surface area contributed by atoms with E-state index in [1.807, 2.05) is 44.1 Å². The lowest BCUT2D eigenvalue weighted by atomic mass is 9.86. The fourth-order valence-corrected chi connectivity index (χ4v) is 3.65. The van der Waals surface area contributed by atoms with Gasteiger partial charge in [-0.05, 0) is 36.8 Å². The molecule has 27 heavy (non-hydrogen) atoms. The van der Waals surface area contributed by atoms with Crippen LogP contribution in [0.2, 0.25) is 0 Å². The molecule has 1 aromatic heterocycles. The number of hydrogen-bond donors (Lipinski definition) is 0. The summed E-state index contributed by atoms with van der Waals surface area (Å²) in [6.45, 7) is 2.49. The van der Waals surface area contributed by atoms with Gasteiger partial charge in [-0.25, -0.2) is 4.79 Å². The third-order valence-electron chi connectivity index (χ3n) is 4.99. The van der Waals surface area contributed by atoms with Gasteiger partial charge in [0.2, 0.25) is 6.29 Å². The number of para-hydroxylation sites is 1. The summed E-state index contributed by atoms with van der Waals surface area (Å²) in [6.07, 6.45) is 0.178. The molecule has 0 radical (unpaired) electrons. The van der Waals surface area contributed by atoms with Crippen molar-refractivity contribution in [2.45, 2.75) is 25.6 Å². The van der Waals surface area contributed by atoms with E-state index in [2.05, 4.69) is 24.3 Å². The van der Waals surface area contributed by atoms with Crippen LogP contribution in [-0.4, -0.2) is 27.0 Å². The van der Waals surface area contributed by atoms with Gasteiger partial charge in [0.05, 0.1) is 10.9 Å². The van der Waals surface area contributed by atoms with Crippen molar-refractivity contribution in [2.75, 3.05) is 25.6 Å². The summed E-state index contributed by atoms with van der Waals surface area (Å²) in [5.41, 5.74) is 2.91. The molecule has 0 bridgehead atoms. The van der Waals surface area contributed by atoms with E-state index < -0.39 is 6.29 Å². The summed E-state index contributed by atoms with van der Waals surface area (Å²) < 4.78 is 17.5. The smallest absolute Gasteiger partial charge is 0.343 e. The number of nitrogens with zero attached hydrogens (tertiary/aromatic N) is 1. The van der Waals surface area contributed by atoms with Crippen molar-refractivity contribution in [3.63, 3.8) is 0 Å². The summed E-state index contributed by atoms with van der Waals surface area (Å²) in [5.74, 6) is 0.440. The van der Waals surface area contributed by atoms with Gasteiger partial charge in [-0.3, -0.25) is 0 Å². The van der Waals surface area contributed by atoms with Gasteiger partial charge in [-0.15, -0.1) is 0 Å². The zero-order valence-electron chi connectivity index (χ0n) is 15.8.